The summed E-state index contributed by atoms with van der Waals surface area (Å²) in [6.07, 6.45) is 9.78. The predicted molar refractivity (Wildman–Crippen MR) is 104 cm³/mol. The summed E-state index contributed by atoms with van der Waals surface area (Å²) < 4.78 is 4.06. The minimum atomic E-state index is -0.0806. The Kier molecular flexibility index (Phi) is 4.19. The zero-order chi connectivity index (χ0) is 18.3. The largest absolute Gasteiger partial charge is 0.403 e. The molecule has 1 aliphatic heterocycles. The molecule has 1 aromatic heterocycles. The van der Waals surface area contributed by atoms with Gasteiger partial charge in [0.15, 0.2) is 11.8 Å². The fourth-order valence-electron chi connectivity index (χ4n) is 3.76. The number of nitrogens with zero attached hydrogens (tertiary/aromatic N) is 3. The number of hydrogen-bond donors (Lipinski definition) is 0. The fraction of sp³-hybridized carbons (Fsp3) is 0.318. The first-order chi connectivity index (χ1) is 12.6. The first kappa shape index (κ1) is 16.7. The highest BCUT2D eigenvalue weighted by atomic mass is 16.1. The predicted octanol–water partition coefficient (Wildman–Crippen LogP) is 3.51. The van der Waals surface area contributed by atoms with E-state index in [0.29, 0.717) is 0 Å². The van der Waals surface area contributed by atoms with Crippen molar-refractivity contribution in [3.8, 4) is 0 Å². The molecule has 0 spiro atoms. The monoisotopic (exact) mass is 346 g/mol. The Morgan fingerprint density at radius 3 is 2.65 bits per heavy atom. The zero-order valence-electron chi connectivity index (χ0n) is 15.6. The van der Waals surface area contributed by atoms with E-state index in [9.17, 15) is 4.79 Å². The van der Waals surface area contributed by atoms with Crippen LogP contribution in [0.4, 0.5) is 5.95 Å². The quantitative estimate of drug-likeness (QED) is 0.781. The van der Waals surface area contributed by atoms with Gasteiger partial charge in [-0.25, -0.2) is 4.57 Å². The van der Waals surface area contributed by atoms with Crippen molar-refractivity contribution in [3.63, 3.8) is 0 Å². The molecule has 1 aliphatic carbocycles. The zero-order valence-corrected chi connectivity index (χ0v) is 15.6. The van der Waals surface area contributed by atoms with Crippen LogP contribution < -0.4 is 10.1 Å². The molecule has 0 saturated carbocycles. The Bertz CT molecular complexity index is 1010. The number of aryl methyl sites for hydroxylation is 1. The number of fused-ring (bicyclic) bond motifs is 3. The van der Waals surface area contributed by atoms with Gasteiger partial charge in [0, 0.05) is 0 Å². The first-order valence-corrected chi connectivity index (χ1v) is 9.27. The lowest BCUT2D eigenvalue weighted by molar-refractivity contribution is -0.685. The van der Waals surface area contributed by atoms with E-state index in [2.05, 4.69) is 55.7 Å². The van der Waals surface area contributed by atoms with E-state index in [4.69, 9.17) is 4.99 Å². The average Bonchev–Trinajstić information content (AvgIpc) is 3.03. The standard InChI is InChI=1S/C22H24N3O/c1-4-7-18-16(3)24(14-17-12-10-15(2)11-13-17)22-23-19-8-5-6-9-20(19)25(22)21(18)26/h5-6,8-13,20H,4,7,14H2,1-3H3/q+1. The summed E-state index contributed by atoms with van der Waals surface area (Å²) in [4.78, 5) is 18.0. The van der Waals surface area contributed by atoms with Gasteiger partial charge in [-0.05, 0) is 38.0 Å². The highest BCUT2D eigenvalue weighted by molar-refractivity contribution is 6.03. The SMILES string of the molecule is CCCc1c(C)[n+](Cc2ccc(C)cc2)c2n(c1=O)C1C=CC=CC1=N2. The van der Waals surface area contributed by atoms with Gasteiger partial charge in [0.05, 0.1) is 17.8 Å². The van der Waals surface area contributed by atoms with Crippen LogP contribution in [0.1, 0.15) is 41.8 Å². The molecule has 1 unspecified atom stereocenters. The van der Waals surface area contributed by atoms with Crippen LogP contribution in [-0.4, -0.2) is 10.3 Å². The van der Waals surface area contributed by atoms with Crippen molar-refractivity contribution < 1.29 is 4.57 Å². The van der Waals surface area contributed by atoms with Crippen molar-refractivity contribution in [2.75, 3.05) is 0 Å². The molecule has 0 saturated heterocycles. The molecule has 4 nitrogen and oxygen atoms in total. The molecule has 0 radical (unpaired) electrons. The van der Waals surface area contributed by atoms with Crippen molar-refractivity contribution >= 4 is 11.7 Å². The van der Waals surface area contributed by atoms with Gasteiger partial charge in [-0.2, -0.15) is 4.57 Å². The van der Waals surface area contributed by atoms with Gasteiger partial charge in [-0.15, -0.1) is 0 Å². The average molecular weight is 346 g/mol. The van der Waals surface area contributed by atoms with Crippen LogP contribution in [0.15, 0.2) is 58.4 Å². The minimum Gasteiger partial charge on any atom is -0.250 e. The molecule has 4 heteroatoms. The van der Waals surface area contributed by atoms with Crippen molar-refractivity contribution in [2.24, 2.45) is 4.99 Å². The molecule has 0 bridgehead atoms. The van der Waals surface area contributed by atoms with E-state index < -0.39 is 0 Å². The van der Waals surface area contributed by atoms with Crippen LogP contribution >= 0.6 is 0 Å². The Morgan fingerprint density at radius 2 is 1.92 bits per heavy atom. The van der Waals surface area contributed by atoms with Crippen molar-refractivity contribution in [1.82, 2.24) is 4.57 Å². The Balaban J connectivity index is 1.91. The molecular weight excluding hydrogens is 322 g/mol. The number of aliphatic imine (C=N–C) groups is 1. The topological polar surface area (TPSA) is 38.2 Å². The molecule has 0 amide bonds. The highest BCUT2D eigenvalue weighted by Gasteiger charge is 2.38. The molecule has 2 heterocycles. The van der Waals surface area contributed by atoms with E-state index >= 15 is 0 Å². The van der Waals surface area contributed by atoms with E-state index in [1.165, 1.54) is 11.1 Å². The minimum absolute atomic E-state index is 0.0806. The third kappa shape index (κ3) is 2.66. The second-order valence-electron chi connectivity index (χ2n) is 7.09. The van der Waals surface area contributed by atoms with Crippen molar-refractivity contribution in [2.45, 2.75) is 46.2 Å². The third-order valence-corrected chi connectivity index (χ3v) is 5.22. The molecule has 132 valence electrons. The highest BCUT2D eigenvalue weighted by Crippen LogP contribution is 2.28. The van der Waals surface area contributed by atoms with E-state index in [1.54, 1.807) is 0 Å². The van der Waals surface area contributed by atoms with Gasteiger partial charge in [0.2, 0.25) is 0 Å². The van der Waals surface area contributed by atoms with Gasteiger partial charge in [0.25, 0.3) is 0 Å². The summed E-state index contributed by atoms with van der Waals surface area (Å²) >= 11 is 0. The molecule has 2 aliphatic rings. The summed E-state index contributed by atoms with van der Waals surface area (Å²) in [5.74, 6) is 0.754. The lowest BCUT2D eigenvalue weighted by atomic mass is 10.1. The molecule has 4 rings (SSSR count). The Hall–Kier alpha value is -2.75. The van der Waals surface area contributed by atoms with Crippen molar-refractivity contribution in [3.05, 3.63) is 81.3 Å². The van der Waals surface area contributed by atoms with E-state index in [-0.39, 0.29) is 11.6 Å². The van der Waals surface area contributed by atoms with Gasteiger partial charge >= 0.3 is 11.5 Å². The molecular formula is C22H24N3O+. The maximum absolute atomic E-state index is 13.2. The van der Waals surface area contributed by atoms with E-state index in [1.807, 2.05) is 22.8 Å². The second-order valence-corrected chi connectivity index (χ2v) is 7.09. The van der Waals surface area contributed by atoms with Gasteiger partial charge < -0.3 is 0 Å². The molecule has 2 aromatic rings. The number of rotatable bonds is 4. The summed E-state index contributed by atoms with van der Waals surface area (Å²) in [6.45, 7) is 6.98. The second kappa shape index (κ2) is 6.52. The van der Waals surface area contributed by atoms with Crippen LogP contribution in [0.25, 0.3) is 0 Å². The van der Waals surface area contributed by atoms with Crippen LogP contribution in [-0.2, 0) is 13.0 Å². The Labute approximate surface area is 153 Å². The molecule has 1 atom stereocenters. The maximum atomic E-state index is 13.2. The van der Waals surface area contributed by atoms with Gasteiger partial charge in [0.1, 0.15) is 0 Å². The van der Waals surface area contributed by atoms with Crippen molar-refractivity contribution in [1.29, 1.82) is 0 Å². The number of benzene rings is 1. The Morgan fingerprint density at radius 1 is 1.15 bits per heavy atom. The molecule has 0 fully saturated rings. The smallest absolute Gasteiger partial charge is 0.250 e. The van der Waals surface area contributed by atoms with Crippen LogP contribution in [0.2, 0.25) is 0 Å². The number of aromatic nitrogens is 2. The summed E-state index contributed by atoms with van der Waals surface area (Å²) in [7, 11) is 0. The van der Waals surface area contributed by atoms with Gasteiger partial charge in [-0.1, -0.05) is 60.3 Å². The van der Waals surface area contributed by atoms with Crippen LogP contribution in [0.5, 0.6) is 0 Å². The summed E-state index contributed by atoms with van der Waals surface area (Å²) in [5, 5.41) is 0. The first-order valence-electron chi connectivity index (χ1n) is 9.27. The number of allylic oxidation sites excluding steroid dienone is 4. The lowest BCUT2D eigenvalue weighted by Crippen LogP contribution is -2.46. The molecule has 0 N–H and O–H groups in total. The number of hydrogen-bond acceptors (Lipinski definition) is 2. The van der Waals surface area contributed by atoms with Gasteiger partial charge in [-0.3, -0.25) is 4.79 Å². The third-order valence-electron chi connectivity index (χ3n) is 5.22. The van der Waals surface area contributed by atoms with Crippen LogP contribution in [0.3, 0.4) is 0 Å². The lowest BCUT2D eigenvalue weighted by Gasteiger charge is -2.15. The fourth-order valence-corrected chi connectivity index (χ4v) is 3.76. The summed E-state index contributed by atoms with van der Waals surface area (Å²) in [6, 6.07) is 8.48. The van der Waals surface area contributed by atoms with Crippen LogP contribution in [0, 0.1) is 13.8 Å². The maximum Gasteiger partial charge on any atom is 0.403 e. The normalized spacial score (nSPS) is 17.2. The molecule has 26 heavy (non-hydrogen) atoms. The summed E-state index contributed by atoms with van der Waals surface area (Å²) in [5.41, 5.74) is 5.44. The van der Waals surface area contributed by atoms with E-state index in [0.717, 1.165) is 42.3 Å². The molecule has 1 aromatic carbocycles.